The first-order valence-corrected chi connectivity index (χ1v) is 6.34. The molecule has 1 aromatic rings. The summed E-state index contributed by atoms with van der Waals surface area (Å²) in [7, 11) is 0. The third-order valence-electron chi connectivity index (χ3n) is 3.24. The smallest absolute Gasteiger partial charge is 0.255 e. The molecule has 0 aliphatic carbocycles. The molecule has 5 heteroatoms. The highest BCUT2D eigenvalue weighted by molar-refractivity contribution is 5.33. The molecule has 0 saturated heterocycles. The van der Waals surface area contributed by atoms with Crippen LogP contribution in [0.15, 0.2) is 4.79 Å². The molecule has 1 aromatic heterocycles. The molecule has 94 valence electrons. The Morgan fingerprint density at radius 3 is 2.65 bits per heavy atom. The Balaban J connectivity index is 2.41. The first-order valence-electron chi connectivity index (χ1n) is 6.34. The number of fused-ring (bicyclic) bond motifs is 1. The second-order valence-corrected chi connectivity index (χ2v) is 4.24. The predicted octanol–water partition coefficient (Wildman–Crippen LogP) is 0.304. The Morgan fingerprint density at radius 1 is 1.24 bits per heavy atom. The minimum atomic E-state index is 0.0283. The average Bonchev–Trinajstić information content (AvgIpc) is 2.56. The van der Waals surface area contributed by atoms with Crippen LogP contribution >= 0.6 is 0 Å². The van der Waals surface area contributed by atoms with Gasteiger partial charge in [0.2, 0.25) is 5.95 Å². The van der Waals surface area contributed by atoms with Crippen molar-refractivity contribution in [2.45, 2.75) is 26.7 Å². The first kappa shape index (κ1) is 12.1. The van der Waals surface area contributed by atoms with Gasteiger partial charge in [-0.25, -0.2) is 4.98 Å². The van der Waals surface area contributed by atoms with Crippen molar-refractivity contribution >= 4 is 5.95 Å². The van der Waals surface area contributed by atoms with Gasteiger partial charge in [0.15, 0.2) is 0 Å². The fraction of sp³-hybridized carbons (Fsp3) is 0.667. The minimum absolute atomic E-state index is 0.0283. The summed E-state index contributed by atoms with van der Waals surface area (Å²) in [5, 5.41) is 3.29. The van der Waals surface area contributed by atoms with E-state index in [-0.39, 0.29) is 5.56 Å². The molecule has 0 aromatic carbocycles. The number of nitrogens with zero attached hydrogens (tertiary/aromatic N) is 2. The number of aromatic nitrogens is 2. The highest BCUT2D eigenvalue weighted by Gasteiger charge is 2.15. The molecule has 0 unspecified atom stereocenters. The van der Waals surface area contributed by atoms with Crippen LogP contribution in [-0.2, 0) is 12.8 Å². The summed E-state index contributed by atoms with van der Waals surface area (Å²) in [6, 6.07) is 0. The summed E-state index contributed by atoms with van der Waals surface area (Å²) in [6.45, 7) is 7.61. The first-order chi connectivity index (χ1) is 8.26. The molecule has 0 saturated carbocycles. The van der Waals surface area contributed by atoms with Crippen LogP contribution in [0.5, 0.6) is 0 Å². The molecule has 0 atom stereocenters. The number of hydrogen-bond acceptors (Lipinski definition) is 4. The maximum atomic E-state index is 12.0. The van der Waals surface area contributed by atoms with Crippen molar-refractivity contribution in [2.75, 3.05) is 31.1 Å². The van der Waals surface area contributed by atoms with E-state index in [4.69, 9.17) is 0 Å². The van der Waals surface area contributed by atoms with Crippen molar-refractivity contribution in [3.05, 3.63) is 21.6 Å². The van der Waals surface area contributed by atoms with Crippen LogP contribution in [0.25, 0.3) is 0 Å². The number of nitrogens with one attached hydrogen (secondary N) is 2. The third-order valence-corrected chi connectivity index (χ3v) is 3.24. The van der Waals surface area contributed by atoms with E-state index in [1.807, 2.05) is 0 Å². The van der Waals surface area contributed by atoms with Gasteiger partial charge in [-0.15, -0.1) is 0 Å². The Hall–Kier alpha value is -1.36. The second kappa shape index (κ2) is 5.31. The number of hydrogen-bond donors (Lipinski definition) is 2. The SMILES string of the molecule is CCN(CC)c1nc2c(c(=O)[nH]1)CCNCC2. The summed E-state index contributed by atoms with van der Waals surface area (Å²) < 4.78 is 0. The standard InChI is InChI=1S/C12H20N4O/c1-3-16(4-2)12-14-10-6-8-13-7-5-9(10)11(17)15-12/h13H,3-8H2,1-2H3,(H,14,15,17). The Bertz CT molecular complexity index is 437. The van der Waals surface area contributed by atoms with Gasteiger partial charge in [0, 0.05) is 31.6 Å². The molecule has 0 amide bonds. The molecule has 2 N–H and O–H groups in total. The van der Waals surface area contributed by atoms with Crippen molar-refractivity contribution < 1.29 is 0 Å². The molecule has 0 bridgehead atoms. The topological polar surface area (TPSA) is 61.0 Å². The fourth-order valence-corrected chi connectivity index (χ4v) is 2.21. The van der Waals surface area contributed by atoms with Crippen molar-refractivity contribution in [3.8, 4) is 0 Å². The van der Waals surface area contributed by atoms with E-state index < -0.39 is 0 Å². The van der Waals surface area contributed by atoms with Gasteiger partial charge < -0.3 is 10.2 Å². The number of aromatic amines is 1. The Kier molecular flexibility index (Phi) is 3.78. The number of anilines is 1. The Morgan fingerprint density at radius 2 is 1.94 bits per heavy atom. The summed E-state index contributed by atoms with van der Waals surface area (Å²) in [4.78, 5) is 21.6. The zero-order valence-electron chi connectivity index (χ0n) is 10.5. The van der Waals surface area contributed by atoms with Crippen molar-refractivity contribution in [3.63, 3.8) is 0 Å². The predicted molar refractivity (Wildman–Crippen MR) is 68.7 cm³/mol. The lowest BCUT2D eigenvalue weighted by atomic mass is 10.1. The van der Waals surface area contributed by atoms with Crippen LogP contribution in [0.1, 0.15) is 25.1 Å². The molecular formula is C12H20N4O. The highest BCUT2D eigenvalue weighted by atomic mass is 16.1. The van der Waals surface area contributed by atoms with Crippen molar-refractivity contribution in [1.82, 2.24) is 15.3 Å². The minimum Gasteiger partial charge on any atom is -0.343 e. The molecule has 17 heavy (non-hydrogen) atoms. The molecular weight excluding hydrogens is 216 g/mol. The van der Waals surface area contributed by atoms with Gasteiger partial charge in [-0.2, -0.15) is 0 Å². The van der Waals surface area contributed by atoms with Gasteiger partial charge in [0.05, 0.1) is 5.69 Å². The maximum Gasteiger partial charge on any atom is 0.255 e. The summed E-state index contributed by atoms with van der Waals surface area (Å²) in [6.07, 6.45) is 1.61. The molecule has 2 rings (SSSR count). The summed E-state index contributed by atoms with van der Waals surface area (Å²) in [5.74, 6) is 0.709. The van der Waals surface area contributed by atoms with Crippen LogP contribution in [0.4, 0.5) is 5.95 Å². The zero-order valence-corrected chi connectivity index (χ0v) is 10.5. The van der Waals surface area contributed by atoms with E-state index in [9.17, 15) is 4.79 Å². The van der Waals surface area contributed by atoms with E-state index in [1.54, 1.807) is 0 Å². The van der Waals surface area contributed by atoms with Gasteiger partial charge in [-0.1, -0.05) is 0 Å². The zero-order chi connectivity index (χ0) is 12.3. The van der Waals surface area contributed by atoms with Crippen molar-refractivity contribution in [2.24, 2.45) is 0 Å². The van der Waals surface area contributed by atoms with E-state index >= 15 is 0 Å². The summed E-state index contributed by atoms with van der Waals surface area (Å²) in [5.41, 5.74) is 1.84. The third kappa shape index (κ3) is 2.49. The average molecular weight is 236 g/mol. The van der Waals surface area contributed by atoms with E-state index in [0.717, 1.165) is 50.3 Å². The van der Waals surface area contributed by atoms with Gasteiger partial charge in [-0.05, 0) is 26.8 Å². The van der Waals surface area contributed by atoms with Crippen LogP contribution < -0.4 is 15.8 Å². The largest absolute Gasteiger partial charge is 0.343 e. The number of H-pyrrole nitrogens is 1. The molecule has 1 aliphatic heterocycles. The van der Waals surface area contributed by atoms with Gasteiger partial charge >= 0.3 is 0 Å². The normalized spacial score (nSPS) is 15.2. The van der Waals surface area contributed by atoms with Crippen LogP contribution in [0.2, 0.25) is 0 Å². The van der Waals surface area contributed by atoms with Gasteiger partial charge in [-0.3, -0.25) is 9.78 Å². The van der Waals surface area contributed by atoms with E-state index in [1.165, 1.54) is 0 Å². The quantitative estimate of drug-likeness (QED) is 0.792. The highest BCUT2D eigenvalue weighted by Crippen LogP contribution is 2.10. The lowest BCUT2D eigenvalue weighted by Gasteiger charge is -2.20. The monoisotopic (exact) mass is 236 g/mol. The fourth-order valence-electron chi connectivity index (χ4n) is 2.21. The van der Waals surface area contributed by atoms with Gasteiger partial charge in [0.1, 0.15) is 0 Å². The van der Waals surface area contributed by atoms with Crippen LogP contribution in [0.3, 0.4) is 0 Å². The molecule has 1 aliphatic rings. The molecule has 2 heterocycles. The lowest BCUT2D eigenvalue weighted by Crippen LogP contribution is -2.29. The molecule has 0 radical (unpaired) electrons. The molecule has 5 nitrogen and oxygen atoms in total. The maximum absolute atomic E-state index is 12.0. The number of rotatable bonds is 3. The van der Waals surface area contributed by atoms with Crippen LogP contribution in [0, 0.1) is 0 Å². The van der Waals surface area contributed by atoms with E-state index in [0.29, 0.717) is 5.95 Å². The van der Waals surface area contributed by atoms with E-state index in [2.05, 4.69) is 34.0 Å². The van der Waals surface area contributed by atoms with Crippen LogP contribution in [-0.4, -0.2) is 36.1 Å². The van der Waals surface area contributed by atoms with Crippen molar-refractivity contribution in [1.29, 1.82) is 0 Å². The summed E-state index contributed by atoms with van der Waals surface area (Å²) >= 11 is 0. The molecule has 0 spiro atoms. The Labute approximate surface area is 101 Å². The lowest BCUT2D eigenvalue weighted by molar-refractivity contribution is 0.707. The van der Waals surface area contributed by atoms with Gasteiger partial charge in [0.25, 0.3) is 5.56 Å². The second-order valence-electron chi connectivity index (χ2n) is 4.24. The molecule has 0 fully saturated rings.